The molecule has 0 saturated carbocycles. The number of hydrogen-bond donors (Lipinski definition) is 3. The zero-order valence-electron chi connectivity index (χ0n) is 17.2. The van der Waals surface area contributed by atoms with Crippen LogP contribution in [-0.4, -0.2) is 18.4 Å². The Morgan fingerprint density at radius 3 is 2.42 bits per heavy atom. The fourth-order valence-electron chi connectivity index (χ4n) is 3.05. The second-order valence-corrected chi connectivity index (χ2v) is 7.19. The zero-order valence-corrected chi connectivity index (χ0v) is 17.2. The number of halogens is 2. The van der Waals surface area contributed by atoms with Crippen LogP contribution in [0.3, 0.4) is 0 Å². The van der Waals surface area contributed by atoms with E-state index in [2.05, 4.69) is 16.0 Å². The van der Waals surface area contributed by atoms with Gasteiger partial charge >= 0.3 is 0 Å². The van der Waals surface area contributed by atoms with Crippen LogP contribution in [0.2, 0.25) is 0 Å². The molecule has 3 rings (SSSR count). The number of benzene rings is 3. The molecule has 1 atom stereocenters. The Labute approximate surface area is 179 Å². The van der Waals surface area contributed by atoms with Crippen LogP contribution in [0.1, 0.15) is 34.5 Å². The Bertz CT molecular complexity index is 1100. The standard InChI is InChI=1S/C24H23F2N3O2/c1-15-6-5-7-18(12-15)28-24(31)19-8-3-4-9-22(19)29-23(30)14-27-16(2)17-10-11-20(25)21(26)13-17/h3-13,16,27H,14H2,1-2H3,(H,28,31)(H,29,30)/t16-/m0/s1. The average molecular weight is 423 g/mol. The Morgan fingerprint density at radius 1 is 0.903 bits per heavy atom. The fourth-order valence-corrected chi connectivity index (χ4v) is 3.05. The molecule has 3 N–H and O–H groups in total. The zero-order chi connectivity index (χ0) is 22.4. The second-order valence-electron chi connectivity index (χ2n) is 7.19. The molecule has 3 aromatic carbocycles. The van der Waals surface area contributed by atoms with Crippen LogP contribution in [0.4, 0.5) is 20.2 Å². The fraction of sp³-hybridized carbons (Fsp3) is 0.167. The number of carbonyl (C=O) groups excluding carboxylic acids is 2. The van der Waals surface area contributed by atoms with Crippen LogP contribution in [0, 0.1) is 18.6 Å². The third-order valence-electron chi connectivity index (χ3n) is 4.73. The van der Waals surface area contributed by atoms with Gasteiger partial charge in [-0.2, -0.15) is 0 Å². The quantitative estimate of drug-likeness (QED) is 0.511. The summed E-state index contributed by atoms with van der Waals surface area (Å²) in [4.78, 5) is 25.1. The average Bonchev–Trinajstić information content (AvgIpc) is 2.74. The monoisotopic (exact) mass is 423 g/mol. The Morgan fingerprint density at radius 2 is 1.68 bits per heavy atom. The van der Waals surface area contributed by atoms with Gasteiger partial charge in [0.05, 0.1) is 17.8 Å². The molecule has 0 saturated heterocycles. The highest BCUT2D eigenvalue weighted by Gasteiger charge is 2.15. The summed E-state index contributed by atoms with van der Waals surface area (Å²) in [7, 11) is 0. The SMILES string of the molecule is Cc1cccc(NC(=O)c2ccccc2NC(=O)CN[C@@H](C)c2ccc(F)c(F)c2)c1. The van der Waals surface area contributed by atoms with Gasteiger partial charge in [0.2, 0.25) is 5.91 Å². The number of anilines is 2. The summed E-state index contributed by atoms with van der Waals surface area (Å²) in [6, 6.07) is 17.3. The maximum Gasteiger partial charge on any atom is 0.257 e. The first kappa shape index (κ1) is 22.1. The van der Waals surface area contributed by atoms with E-state index in [1.54, 1.807) is 37.3 Å². The molecule has 0 fully saturated rings. The Balaban J connectivity index is 1.62. The molecular weight excluding hydrogens is 400 g/mol. The molecule has 2 amide bonds. The molecule has 0 radical (unpaired) electrons. The lowest BCUT2D eigenvalue weighted by atomic mass is 10.1. The number of rotatable bonds is 7. The van der Waals surface area contributed by atoms with Crippen molar-refractivity contribution in [2.24, 2.45) is 0 Å². The number of aryl methyl sites for hydroxylation is 1. The first-order chi connectivity index (χ1) is 14.8. The Kier molecular flexibility index (Phi) is 7.10. The van der Waals surface area contributed by atoms with Crippen molar-refractivity contribution in [3.05, 3.63) is 95.1 Å². The summed E-state index contributed by atoms with van der Waals surface area (Å²) in [5.74, 6) is -2.58. The predicted molar refractivity (Wildman–Crippen MR) is 117 cm³/mol. The highest BCUT2D eigenvalue weighted by atomic mass is 19.2. The molecule has 0 aliphatic heterocycles. The minimum absolute atomic E-state index is 0.0754. The molecular formula is C24H23F2N3O2. The van der Waals surface area contributed by atoms with Crippen LogP contribution >= 0.6 is 0 Å². The normalized spacial score (nSPS) is 11.6. The van der Waals surface area contributed by atoms with Crippen molar-refractivity contribution >= 4 is 23.2 Å². The van der Waals surface area contributed by atoms with Gasteiger partial charge in [-0.05, 0) is 61.4 Å². The summed E-state index contributed by atoms with van der Waals surface area (Å²) >= 11 is 0. The van der Waals surface area contributed by atoms with Gasteiger partial charge in [0.25, 0.3) is 5.91 Å². The van der Waals surface area contributed by atoms with E-state index in [9.17, 15) is 18.4 Å². The van der Waals surface area contributed by atoms with Gasteiger partial charge in [0.1, 0.15) is 0 Å². The molecule has 0 bridgehead atoms. The van der Waals surface area contributed by atoms with E-state index < -0.39 is 11.6 Å². The molecule has 0 unspecified atom stereocenters. The van der Waals surface area contributed by atoms with Crippen molar-refractivity contribution in [1.29, 1.82) is 0 Å². The topological polar surface area (TPSA) is 70.2 Å². The molecule has 5 nitrogen and oxygen atoms in total. The number of para-hydroxylation sites is 1. The van der Waals surface area contributed by atoms with Gasteiger partial charge in [0.15, 0.2) is 11.6 Å². The second kappa shape index (κ2) is 9.95. The maximum atomic E-state index is 13.4. The first-order valence-electron chi connectivity index (χ1n) is 9.78. The van der Waals surface area contributed by atoms with Crippen LogP contribution < -0.4 is 16.0 Å². The molecule has 0 aromatic heterocycles. The van der Waals surface area contributed by atoms with Crippen molar-refractivity contribution in [2.75, 3.05) is 17.2 Å². The number of carbonyl (C=O) groups is 2. The van der Waals surface area contributed by atoms with Gasteiger partial charge < -0.3 is 16.0 Å². The molecule has 3 aromatic rings. The van der Waals surface area contributed by atoms with Crippen molar-refractivity contribution in [1.82, 2.24) is 5.32 Å². The minimum Gasteiger partial charge on any atom is -0.324 e. The van der Waals surface area contributed by atoms with E-state index in [1.165, 1.54) is 6.07 Å². The van der Waals surface area contributed by atoms with Gasteiger partial charge in [-0.3, -0.25) is 9.59 Å². The number of hydrogen-bond acceptors (Lipinski definition) is 3. The summed E-state index contributed by atoms with van der Waals surface area (Å²) in [6.45, 7) is 3.59. The highest BCUT2D eigenvalue weighted by molar-refractivity contribution is 6.10. The van der Waals surface area contributed by atoms with Crippen LogP contribution in [0.5, 0.6) is 0 Å². The van der Waals surface area contributed by atoms with Gasteiger partial charge in [-0.1, -0.05) is 30.3 Å². The lowest BCUT2D eigenvalue weighted by Crippen LogP contribution is -2.30. The lowest BCUT2D eigenvalue weighted by Gasteiger charge is -2.15. The van der Waals surface area contributed by atoms with E-state index in [0.29, 0.717) is 22.5 Å². The highest BCUT2D eigenvalue weighted by Crippen LogP contribution is 2.19. The van der Waals surface area contributed by atoms with E-state index in [-0.39, 0.29) is 24.4 Å². The summed E-state index contributed by atoms with van der Waals surface area (Å²) in [6.07, 6.45) is 0. The summed E-state index contributed by atoms with van der Waals surface area (Å²) < 4.78 is 26.5. The Hall–Kier alpha value is -3.58. The largest absolute Gasteiger partial charge is 0.324 e. The third-order valence-corrected chi connectivity index (χ3v) is 4.73. The molecule has 160 valence electrons. The van der Waals surface area contributed by atoms with E-state index in [4.69, 9.17) is 0 Å². The number of nitrogens with one attached hydrogen (secondary N) is 3. The van der Waals surface area contributed by atoms with E-state index in [0.717, 1.165) is 17.7 Å². The molecule has 7 heteroatoms. The van der Waals surface area contributed by atoms with E-state index >= 15 is 0 Å². The summed E-state index contributed by atoms with van der Waals surface area (Å²) in [5.41, 5.74) is 2.89. The van der Waals surface area contributed by atoms with Crippen molar-refractivity contribution in [3.63, 3.8) is 0 Å². The predicted octanol–water partition coefficient (Wildman–Crippen LogP) is 4.81. The third kappa shape index (κ3) is 5.96. The smallest absolute Gasteiger partial charge is 0.257 e. The van der Waals surface area contributed by atoms with Crippen molar-refractivity contribution in [3.8, 4) is 0 Å². The molecule has 0 aliphatic carbocycles. The molecule has 0 spiro atoms. The molecule has 31 heavy (non-hydrogen) atoms. The van der Waals surface area contributed by atoms with E-state index in [1.807, 2.05) is 25.1 Å². The van der Waals surface area contributed by atoms with Gasteiger partial charge in [0, 0.05) is 11.7 Å². The van der Waals surface area contributed by atoms with Crippen LogP contribution in [0.15, 0.2) is 66.7 Å². The van der Waals surface area contributed by atoms with Gasteiger partial charge in [-0.15, -0.1) is 0 Å². The lowest BCUT2D eigenvalue weighted by molar-refractivity contribution is -0.115. The molecule has 0 heterocycles. The first-order valence-corrected chi connectivity index (χ1v) is 9.78. The van der Waals surface area contributed by atoms with Crippen LogP contribution in [0.25, 0.3) is 0 Å². The van der Waals surface area contributed by atoms with Crippen molar-refractivity contribution < 1.29 is 18.4 Å². The van der Waals surface area contributed by atoms with Crippen molar-refractivity contribution in [2.45, 2.75) is 19.9 Å². The summed E-state index contributed by atoms with van der Waals surface area (Å²) in [5, 5.41) is 8.50. The minimum atomic E-state index is -0.941. The maximum absolute atomic E-state index is 13.4. The van der Waals surface area contributed by atoms with Crippen LogP contribution in [-0.2, 0) is 4.79 Å². The van der Waals surface area contributed by atoms with Gasteiger partial charge in [-0.25, -0.2) is 8.78 Å². The number of amides is 2. The molecule has 0 aliphatic rings.